The Morgan fingerprint density at radius 2 is 2.33 bits per heavy atom. The Hall–Kier alpha value is -1.38. The summed E-state index contributed by atoms with van der Waals surface area (Å²) in [6, 6.07) is 0.522. The van der Waals surface area contributed by atoms with Gasteiger partial charge in [-0.15, -0.1) is 16.4 Å². The number of aryl methyl sites for hydroxylation is 1. The molecule has 21 heavy (non-hydrogen) atoms. The Balaban J connectivity index is 1.44. The van der Waals surface area contributed by atoms with E-state index in [1.165, 1.54) is 12.8 Å². The van der Waals surface area contributed by atoms with E-state index in [9.17, 15) is 0 Å². The molecule has 2 fully saturated rings. The van der Waals surface area contributed by atoms with E-state index in [2.05, 4.69) is 30.8 Å². The maximum atomic E-state index is 5.86. The van der Waals surface area contributed by atoms with E-state index in [-0.39, 0.29) is 6.10 Å². The highest BCUT2D eigenvalue weighted by molar-refractivity contribution is 7.09. The highest BCUT2D eigenvalue weighted by Gasteiger charge is 2.30. The summed E-state index contributed by atoms with van der Waals surface area (Å²) in [6.45, 7) is 5.30. The second kappa shape index (κ2) is 5.43. The van der Waals surface area contributed by atoms with Crippen molar-refractivity contribution in [3.63, 3.8) is 0 Å². The van der Waals surface area contributed by atoms with Crippen LogP contribution < -0.4 is 0 Å². The standard InChI is InChI=1S/C13H18N6OS/c1-9-8-21-13(14-9)11-6-18(4-5-20-11)7-12-15-16-17-19(12)10-2-3-10/h8,10-11H,2-7H2,1H3. The molecule has 2 aromatic rings. The van der Waals surface area contributed by atoms with E-state index in [4.69, 9.17) is 4.74 Å². The van der Waals surface area contributed by atoms with E-state index in [0.717, 1.165) is 42.8 Å². The molecule has 2 aliphatic rings. The Labute approximate surface area is 126 Å². The molecule has 1 atom stereocenters. The molecule has 0 spiro atoms. The summed E-state index contributed by atoms with van der Waals surface area (Å²) in [5.41, 5.74) is 1.06. The van der Waals surface area contributed by atoms with E-state index < -0.39 is 0 Å². The molecule has 8 heteroatoms. The van der Waals surface area contributed by atoms with Gasteiger partial charge in [-0.05, 0) is 30.2 Å². The summed E-state index contributed by atoms with van der Waals surface area (Å²) in [5, 5.41) is 15.3. The van der Waals surface area contributed by atoms with Crippen LogP contribution in [0.3, 0.4) is 0 Å². The number of aromatic nitrogens is 5. The predicted molar refractivity (Wildman–Crippen MR) is 76.9 cm³/mol. The van der Waals surface area contributed by atoms with Gasteiger partial charge in [0, 0.05) is 24.2 Å². The molecule has 112 valence electrons. The fraction of sp³-hybridized carbons (Fsp3) is 0.692. The van der Waals surface area contributed by atoms with Crippen LogP contribution in [0.5, 0.6) is 0 Å². The molecule has 2 aromatic heterocycles. The Morgan fingerprint density at radius 3 is 3.10 bits per heavy atom. The number of thiazole rings is 1. The molecule has 3 heterocycles. The summed E-state index contributed by atoms with van der Waals surface area (Å²) in [5.74, 6) is 0.966. The Morgan fingerprint density at radius 1 is 1.43 bits per heavy atom. The summed E-state index contributed by atoms with van der Waals surface area (Å²) >= 11 is 1.68. The Kier molecular flexibility index (Phi) is 3.44. The minimum atomic E-state index is 0.0719. The third-order valence-electron chi connectivity index (χ3n) is 3.88. The van der Waals surface area contributed by atoms with Gasteiger partial charge in [0.15, 0.2) is 5.82 Å². The fourth-order valence-corrected chi connectivity index (χ4v) is 3.47. The van der Waals surface area contributed by atoms with Crippen molar-refractivity contribution in [1.29, 1.82) is 0 Å². The molecule has 0 aromatic carbocycles. The quantitative estimate of drug-likeness (QED) is 0.849. The molecular formula is C13H18N6OS. The van der Waals surface area contributed by atoms with E-state index in [1.54, 1.807) is 11.3 Å². The Bertz CT molecular complexity index is 622. The van der Waals surface area contributed by atoms with E-state index >= 15 is 0 Å². The number of morpholine rings is 1. The van der Waals surface area contributed by atoms with Crippen molar-refractivity contribution in [2.75, 3.05) is 19.7 Å². The van der Waals surface area contributed by atoms with Crippen LogP contribution in [0.4, 0.5) is 0 Å². The monoisotopic (exact) mass is 306 g/mol. The lowest BCUT2D eigenvalue weighted by Gasteiger charge is -2.31. The molecule has 1 aliphatic heterocycles. The van der Waals surface area contributed by atoms with Crippen LogP contribution in [0, 0.1) is 6.92 Å². The lowest BCUT2D eigenvalue weighted by molar-refractivity contribution is -0.0341. The number of ether oxygens (including phenoxy) is 1. The van der Waals surface area contributed by atoms with E-state index in [0.29, 0.717) is 6.04 Å². The molecular weight excluding hydrogens is 288 g/mol. The fourth-order valence-electron chi connectivity index (χ4n) is 2.63. The molecule has 4 rings (SSSR count). The lowest BCUT2D eigenvalue weighted by Crippen LogP contribution is -2.38. The molecule has 1 unspecified atom stereocenters. The second-order valence-corrected chi connectivity index (χ2v) is 6.58. The number of hydrogen-bond donors (Lipinski definition) is 0. The molecule has 1 saturated carbocycles. The average Bonchev–Trinajstić information content (AvgIpc) is 3.08. The van der Waals surface area contributed by atoms with Gasteiger partial charge in [0.2, 0.25) is 0 Å². The summed E-state index contributed by atoms with van der Waals surface area (Å²) in [6.07, 6.45) is 2.47. The van der Waals surface area contributed by atoms with Crippen LogP contribution >= 0.6 is 11.3 Å². The molecule has 0 radical (unpaired) electrons. The van der Waals surface area contributed by atoms with Gasteiger partial charge in [0.25, 0.3) is 0 Å². The first-order chi connectivity index (χ1) is 10.3. The van der Waals surface area contributed by atoms with Gasteiger partial charge < -0.3 is 4.74 Å². The molecule has 7 nitrogen and oxygen atoms in total. The van der Waals surface area contributed by atoms with Gasteiger partial charge in [0.1, 0.15) is 11.1 Å². The van der Waals surface area contributed by atoms with Crippen LogP contribution in [0.2, 0.25) is 0 Å². The van der Waals surface area contributed by atoms with Crippen molar-refractivity contribution in [1.82, 2.24) is 30.1 Å². The third-order valence-corrected chi connectivity index (χ3v) is 4.94. The first-order valence-corrected chi connectivity index (χ1v) is 8.20. The van der Waals surface area contributed by atoms with Crippen molar-refractivity contribution in [2.24, 2.45) is 0 Å². The minimum absolute atomic E-state index is 0.0719. The highest BCUT2D eigenvalue weighted by Crippen LogP contribution is 2.34. The van der Waals surface area contributed by atoms with Gasteiger partial charge in [0.05, 0.1) is 19.2 Å². The average molecular weight is 306 g/mol. The van der Waals surface area contributed by atoms with Crippen molar-refractivity contribution < 1.29 is 4.74 Å². The van der Waals surface area contributed by atoms with Crippen LogP contribution in [-0.4, -0.2) is 49.8 Å². The topological polar surface area (TPSA) is 69.0 Å². The zero-order chi connectivity index (χ0) is 14.2. The maximum Gasteiger partial charge on any atom is 0.165 e. The van der Waals surface area contributed by atoms with Gasteiger partial charge in [-0.3, -0.25) is 4.90 Å². The predicted octanol–water partition coefficient (Wildman–Crippen LogP) is 1.35. The first kappa shape index (κ1) is 13.3. The summed E-state index contributed by atoms with van der Waals surface area (Å²) in [4.78, 5) is 6.90. The normalized spacial score (nSPS) is 23.6. The maximum absolute atomic E-state index is 5.86. The van der Waals surface area contributed by atoms with Crippen LogP contribution in [-0.2, 0) is 11.3 Å². The number of rotatable bonds is 4. The highest BCUT2D eigenvalue weighted by atomic mass is 32.1. The molecule has 1 saturated heterocycles. The van der Waals surface area contributed by atoms with Crippen LogP contribution in [0.15, 0.2) is 5.38 Å². The SMILES string of the molecule is Cc1csc(C2CN(Cc3nnnn3C3CC3)CCO2)n1. The van der Waals surface area contributed by atoms with Gasteiger partial charge >= 0.3 is 0 Å². The van der Waals surface area contributed by atoms with Crippen molar-refractivity contribution in [2.45, 2.75) is 38.5 Å². The largest absolute Gasteiger partial charge is 0.368 e. The summed E-state index contributed by atoms with van der Waals surface area (Å²) < 4.78 is 7.85. The van der Waals surface area contributed by atoms with Crippen molar-refractivity contribution in [3.8, 4) is 0 Å². The summed E-state index contributed by atoms with van der Waals surface area (Å²) in [7, 11) is 0. The van der Waals surface area contributed by atoms with E-state index in [1.807, 2.05) is 11.6 Å². The lowest BCUT2D eigenvalue weighted by atomic mass is 10.2. The van der Waals surface area contributed by atoms with Crippen LogP contribution in [0.1, 0.15) is 41.5 Å². The number of hydrogen-bond acceptors (Lipinski definition) is 7. The molecule has 1 aliphatic carbocycles. The van der Waals surface area contributed by atoms with Crippen molar-refractivity contribution in [3.05, 3.63) is 21.9 Å². The van der Waals surface area contributed by atoms with Gasteiger partial charge in [-0.2, -0.15) is 0 Å². The number of tetrazole rings is 1. The zero-order valence-electron chi connectivity index (χ0n) is 12.0. The number of nitrogens with zero attached hydrogens (tertiary/aromatic N) is 6. The first-order valence-electron chi connectivity index (χ1n) is 7.32. The van der Waals surface area contributed by atoms with Crippen LogP contribution in [0.25, 0.3) is 0 Å². The second-order valence-electron chi connectivity index (χ2n) is 5.69. The third kappa shape index (κ3) is 2.83. The minimum Gasteiger partial charge on any atom is -0.368 e. The molecule has 0 amide bonds. The van der Waals surface area contributed by atoms with Gasteiger partial charge in [-0.1, -0.05) is 0 Å². The zero-order valence-corrected chi connectivity index (χ0v) is 12.8. The van der Waals surface area contributed by atoms with Crippen molar-refractivity contribution >= 4 is 11.3 Å². The molecule has 0 bridgehead atoms. The molecule has 0 N–H and O–H groups in total. The van der Waals surface area contributed by atoms with Gasteiger partial charge in [-0.25, -0.2) is 9.67 Å². The smallest absolute Gasteiger partial charge is 0.165 e.